The fourth-order valence-electron chi connectivity index (χ4n) is 4.00. The zero-order valence-electron chi connectivity index (χ0n) is 16.8. The van der Waals surface area contributed by atoms with Crippen molar-refractivity contribution in [3.05, 3.63) is 53.6 Å². The summed E-state index contributed by atoms with van der Waals surface area (Å²) in [6, 6.07) is 12.4. The Balaban J connectivity index is 1.81. The van der Waals surface area contributed by atoms with Crippen molar-refractivity contribution in [1.82, 2.24) is 4.90 Å². The van der Waals surface area contributed by atoms with Gasteiger partial charge in [-0.2, -0.15) is 0 Å². The summed E-state index contributed by atoms with van der Waals surface area (Å²) in [6.07, 6.45) is 0. The molecule has 0 aliphatic carbocycles. The Morgan fingerprint density at radius 1 is 1.00 bits per heavy atom. The van der Waals surface area contributed by atoms with E-state index in [0.717, 1.165) is 10.3 Å². The summed E-state index contributed by atoms with van der Waals surface area (Å²) in [4.78, 5) is 39.1. The highest BCUT2D eigenvalue weighted by molar-refractivity contribution is 6.28. The van der Waals surface area contributed by atoms with Crippen molar-refractivity contribution in [1.29, 1.82) is 0 Å². The van der Waals surface area contributed by atoms with Gasteiger partial charge in [0, 0.05) is 10.9 Å². The fraction of sp³-hybridized carbons (Fsp3) is 0.174. The highest BCUT2D eigenvalue weighted by atomic mass is 16.7. The second-order valence-corrected chi connectivity index (χ2v) is 7.07. The molecule has 0 spiro atoms. The summed E-state index contributed by atoms with van der Waals surface area (Å²) in [5.41, 5.74) is 1.69. The van der Waals surface area contributed by atoms with Crippen LogP contribution in [0.5, 0.6) is 17.2 Å². The van der Waals surface area contributed by atoms with E-state index < -0.39 is 24.3 Å². The Hall–Kier alpha value is -4.07. The number of carbonyl (C=O) groups excluding carboxylic acids is 3. The van der Waals surface area contributed by atoms with E-state index in [4.69, 9.17) is 14.2 Å². The van der Waals surface area contributed by atoms with E-state index in [-0.39, 0.29) is 17.9 Å². The van der Waals surface area contributed by atoms with Gasteiger partial charge in [-0.05, 0) is 35.2 Å². The minimum atomic E-state index is -0.678. The highest BCUT2D eigenvalue weighted by Crippen LogP contribution is 2.47. The van der Waals surface area contributed by atoms with Crippen molar-refractivity contribution in [2.45, 2.75) is 0 Å². The predicted octanol–water partition coefficient (Wildman–Crippen LogP) is 3.01. The molecule has 0 aromatic heterocycles. The smallest absolute Gasteiger partial charge is 0.325 e. The number of rotatable bonds is 4. The molecule has 31 heavy (non-hydrogen) atoms. The molecule has 8 nitrogen and oxygen atoms in total. The van der Waals surface area contributed by atoms with Crippen LogP contribution < -0.4 is 14.2 Å². The molecule has 2 heterocycles. The maximum absolute atomic E-state index is 13.3. The Labute approximate surface area is 176 Å². The summed E-state index contributed by atoms with van der Waals surface area (Å²) < 4.78 is 21.1. The van der Waals surface area contributed by atoms with Gasteiger partial charge in [0.25, 0.3) is 11.8 Å². The number of carbonyl (C=O) groups is 3. The summed E-state index contributed by atoms with van der Waals surface area (Å²) in [5.74, 6) is -0.0552. The number of hydrogen-bond acceptors (Lipinski definition) is 7. The summed E-state index contributed by atoms with van der Waals surface area (Å²) in [6.45, 7) is -0.395. The van der Waals surface area contributed by atoms with E-state index in [1.165, 1.54) is 7.11 Å². The highest BCUT2D eigenvalue weighted by Gasteiger charge is 2.40. The molecule has 3 aromatic rings. The summed E-state index contributed by atoms with van der Waals surface area (Å²) >= 11 is 0. The fourth-order valence-corrected chi connectivity index (χ4v) is 4.00. The van der Waals surface area contributed by atoms with Gasteiger partial charge in [-0.3, -0.25) is 19.3 Å². The van der Waals surface area contributed by atoms with E-state index in [1.54, 1.807) is 31.4 Å². The first-order valence-corrected chi connectivity index (χ1v) is 9.50. The molecule has 0 saturated carbocycles. The maximum Gasteiger partial charge on any atom is 0.325 e. The topological polar surface area (TPSA) is 91.4 Å². The number of esters is 1. The van der Waals surface area contributed by atoms with Crippen LogP contribution >= 0.6 is 0 Å². The van der Waals surface area contributed by atoms with Gasteiger partial charge >= 0.3 is 5.97 Å². The van der Waals surface area contributed by atoms with Crippen LogP contribution in [0.25, 0.3) is 21.9 Å². The lowest BCUT2D eigenvalue weighted by Crippen LogP contribution is -2.35. The first-order valence-electron chi connectivity index (χ1n) is 9.50. The third-order valence-electron chi connectivity index (χ3n) is 5.47. The van der Waals surface area contributed by atoms with Crippen LogP contribution in [0.3, 0.4) is 0 Å². The molecule has 156 valence electrons. The van der Waals surface area contributed by atoms with Gasteiger partial charge in [-0.25, -0.2) is 0 Å². The molecular formula is C23H17NO7. The molecule has 8 heteroatoms. The molecule has 2 amide bonds. The second-order valence-electron chi connectivity index (χ2n) is 7.07. The van der Waals surface area contributed by atoms with Crippen LogP contribution in [0.1, 0.15) is 20.7 Å². The van der Waals surface area contributed by atoms with Crippen LogP contribution in [-0.4, -0.2) is 50.2 Å². The van der Waals surface area contributed by atoms with Crippen LogP contribution in [0.4, 0.5) is 0 Å². The van der Waals surface area contributed by atoms with Crippen LogP contribution in [0.15, 0.2) is 42.5 Å². The number of imide groups is 1. The van der Waals surface area contributed by atoms with Crippen molar-refractivity contribution < 1.29 is 33.3 Å². The Kier molecular flexibility index (Phi) is 4.28. The molecule has 2 aliphatic rings. The minimum Gasteiger partial charge on any atom is -0.497 e. The number of hydrogen-bond donors (Lipinski definition) is 0. The summed E-state index contributed by atoms with van der Waals surface area (Å²) in [5, 5.41) is 1.38. The first-order chi connectivity index (χ1) is 15.0. The molecule has 0 fully saturated rings. The lowest BCUT2D eigenvalue weighted by Gasteiger charge is -2.14. The van der Waals surface area contributed by atoms with Gasteiger partial charge in [-0.15, -0.1) is 0 Å². The van der Waals surface area contributed by atoms with Crippen molar-refractivity contribution in [3.8, 4) is 28.4 Å². The lowest BCUT2D eigenvalue weighted by molar-refractivity contribution is -0.140. The van der Waals surface area contributed by atoms with Gasteiger partial charge < -0.3 is 18.9 Å². The van der Waals surface area contributed by atoms with E-state index in [9.17, 15) is 14.4 Å². The van der Waals surface area contributed by atoms with Gasteiger partial charge in [0.1, 0.15) is 12.3 Å². The predicted molar refractivity (Wildman–Crippen MR) is 109 cm³/mol. The molecule has 3 aromatic carbocycles. The van der Waals surface area contributed by atoms with Gasteiger partial charge in [0.15, 0.2) is 11.5 Å². The van der Waals surface area contributed by atoms with E-state index in [2.05, 4.69) is 4.74 Å². The van der Waals surface area contributed by atoms with E-state index >= 15 is 0 Å². The number of amides is 2. The van der Waals surface area contributed by atoms with Crippen LogP contribution in [0.2, 0.25) is 0 Å². The second kappa shape index (κ2) is 7.02. The number of ether oxygens (including phenoxy) is 4. The third kappa shape index (κ3) is 2.79. The quantitative estimate of drug-likeness (QED) is 0.474. The third-order valence-corrected chi connectivity index (χ3v) is 5.47. The molecule has 0 bridgehead atoms. The van der Waals surface area contributed by atoms with Crippen LogP contribution in [0, 0.1) is 0 Å². The Morgan fingerprint density at radius 2 is 1.77 bits per heavy atom. The van der Waals surface area contributed by atoms with Crippen LogP contribution in [-0.2, 0) is 9.53 Å². The zero-order chi connectivity index (χ0) is 21.7. The minimum absolute atomic E-state index is 0.0644. The average Bonchev–Trinajstić information content (AvgIpc) is 3.37. The molecule has 0 unspecified atom stereocenters. The SMILES string of the molecule is COC(=O)CN1C(=O)c2cc3ccc4c(c3c(-c3ccc(OC)cc3)c2C1=O)OCO4. The van der Waals surface area contributed by atoms with Crippen molar-refractivity contribution >= 4 is 28.6 Å². The van der Waals surface area contributed by atoms with Crippen molar-refractivity contribution in [3.63, 3.8) is 0 Å². The molecule has 0 atom stereocenters. The Morgan fingerprint density at radius 3 is 2.48 bits per heavy atom. The zero-order valence-corrected chi connectivity index (χ0v) is 16.8. The lowest BCUT2D eigenvalue weighted by atomic mass is 9.90. The normalized spacial score (nSPS) is 14.2. The molecule has 5 rings (SSSR count). The van der Waals surface area contributed by atoms with Gasteiger partial charge in [0.2, 0.25) is 6.79 Å². The molecule has 2 aliphatic heterocycles. The largest absolute Gasteiger partial charge is 0.497 e. The summed E-state index contributed by atoms with van der Waals surface area (Å²) in [7, 11) is 2.77. The molecule has 0 saturated heterocycles. The number of fused-ring (bicyclic) bond motifs is 4. The molecule has 0 radical (unpaired) electrons. The van der Waals surface area contributed by atoms with Crippen molar-refractivity contribution in [2.75, 3.05) is 27.6 Å². The standard InChI is InChI=1S/C23H17NO7/c1-28-14-6-3-12(4-7-14)18-19-13(5-8-16-21(19)31-11-30-16)9-15-20(18)23(27)24(22(15)26)10-17(25)29-2/h3-9H,10-11H2,1-2H3. The maximum atomic E-state index is 13.3. The van der Waals surface area contributed by atoms with E-state index in [1.807, 2.05) is 18.2 Å². The average molecular weight is 419 g/mol. The Bertz CT molecular complexity index is 1260. The molecular weight excluding hydrogens is 402 g/mol. The van der Waals surface area contributed by atoms with Crippen molar-refractivity contribution in [2.24, 2.45) is 0 Å². The number of benzene rings is 3. The molecule has 0 N–H and O–H groups in total. The van der Waals surface area contributed by atoms with E-state index in [0.29, 0.717) is 33.8 Å². The number of nitrogens with zero attached hydrogens (tertiary/aromatic N) is 1. The monoisotopic (exact) mass is 419 g/mol. The van der Waals surface area contributed by atoms with Gasteiger partial charge in [-0.1, -0.05) is 18.2 Å². The number of methoxy groups -OCH3 is 2. The van der Waals surface area contributed by atoms with Gasteiger partial charge in [0.05, 0.1) is 25.3 Å². The first kappa shape index (κ1) is 18.9.